The molecule has 2 atom stereocenters. The molecule has 8 rings (SSSR count). The second-order valence-electron chi connectivity index (χ2n) is 10.2. The maximum atomic E-state index is 14.3. The monoisotopic (exact) mass is 552 g/mol. The number of hydrogen-bond acceptors (Lipinski definition) is 3. The molecule has 3 aliphatic carbocycles. The zero-order valence-corrected chi connectivity index (χ0v) is 22.1. The van der Waals surface area contributed by atoms with Gasteiger partial charge >= 0.3 is 0 Å². The highest BCUT2D eigenvalue weighted by molar-refractivity contribution is 6.31. The highest BCUT2D eigenvalue weighted by Crippen LogP contribution is 2.61. The van der Waals surface area contributed by atoms with E-state index in [1.54, 1.807) is 48.5 Å². The van der Waals surface area contributed by atoms with Crippen LogP contribution in [0.15, 0.2) is 97.1 Å². The zero-order valence-electron chi connectivity index (χ0n) is 20.6. The van der Waals surface area contributed by atoms with E-state index >= 15 is 0 Å². The Morgan fingerprint density at radius 3 is 1.49 bits per heavy atom. The second-order valence-corrected chi connectivity index (χ2v) is 11.1. The molecule has 0 N–H and O–H groups in total. The summed E-state index contributed by atoms with van der Waals surface area (Å²) in [6, 6.07) is 29.6. The van der Waals surface area contributed by atoms with Crippen LogP contribution in [0.2, 0.25) is 10.0 Å². The summed E-state index contributed by atoms with van der Waals surface area (Å²) in [7, 11) is 0. The predicted octanol–water partition coefficient (Wildman–Crippen LogP) is 6.44. The zero-order chi connectivity index (χ0) is 26.8. The largest absolute Gasteiger partial charge is 0.273 e. The molecular formula is C32H22Cl2N2O3. The number of halogens is 2. The van der Waals surface area contributed by atoms with Crippen molar-refractivity contribution in [2.45, 2.75) is 18.4 Å². The molecule has 192 valence electrons. The van der Waals surface area contributed by atoms with Gasteiger partial charge in [0.05, 0.1) is 18.4 Å². The van der Waals surface area contributed by atoms with Gasteiger partial charge in [-0.1, -0.05) is 83.9 Å². The van der Waals surface area contributed by atoms with E-state index in [9.17, 15) is 14.4 Å². The van der Waals surface area contributed by atoms with Gasteiger partial charge in [-0.3, -0.25) is 14.4 Å². The maximum Gasteiger partial charge on any atom is 0.273 e. The smallest absolute Gasteiger partial charge is 0.272 e. The summed E-state index contributed by atoms with van der Waals surface area (Å²) in [4.78, 5) is 42.5. The van der Waals surface area contributed by atoms with E-state index in [1.807, 2.05) is 24.3 Å². The van der Waals surface area contributed by atoms with Crippen molar-refractivity contribution in [3.63, 3.8) is 0 Å². The Morgan fingerprint density at radius 2 is 1.05 bits per heavy atom. The number of imide groups is 1. The number of hydrazine groups is 1. The number of carbonyl (C=O) groups is 3. The first-order valence-electron chi connectivity index (χ1n) is 12.8. The van der Waals surface area contributed by atoms with Crippen LogP contribution in [0.5, 0.6) is 0 Å². The van der Waals surface area contributed by atoms with Gasteiger partial charge in [0, 0.05) is 27.4 Å². The van der Waals surface area contributed by atoms with E-state index in [2.05, 4.69) is 24.3 Å². The summed E-state index contributed by atoms with van der Waals surface area (Å²) in [5.74, 6) is -2.82. The fraction of sp³-hybridized carbons (Fsp3) is 0.156. The highest BCUT2D eigenvalue weighted by Gasteiger charge is 2.63. The van der Waals surface area contributed by atoms with Gasteiger partial charge in [0.15, 0.2) is 0 Å². The molecule has 4 aromatic rings. The molecule has 39 heavy (non-hydrogen) atoms. The van der Waals surface area contributed by atoms with Gasteiger partial charge < -0.3 is 0 Å². The average Bonchev–Trinajstić information content (AvgIpc) is 3.23. The molecule has 1 saturated heterocycles. The van der Waals surface area contributed by atoms with Gasteiger partial charge in [0.25, 0.3) is 17.7 Å². The number of benzene rings is 4. The summed E-state index contributed by atoms with van der Waals surface area (Å²) in [6.45, 7) is 0.0325. The minimum Gasteiger partial charge on any atom is -0.272 e. The van der Waals surface area contributed by atoms with Crippen LogP contribution in [0, 0.1) is 11.8 Å². The molecule has 0 spiro atoms. The average molecular weight is 553 g/mol. The number of rotatable bonds is 4. The highest BCUT2D eigenvalue weighted by atomic mass is 35.5. The van der Waals surface area contributed by atoms with Crippen LogP contribution in [-0.2, 0) is 16.1 Å². The molecule has 0 unspecified atom stereocenters. The lowest BCUT2D eigenvalue weighted by Crippen LogP contribution is -2.50. The van der Waals surface area contributed by atoms with Gasteiger partial charge in [-0.2, -0.15) is 5.01 Å². The maximum absolute atomic E-state index is 14.3. The van der Waals surface area contributed by atoms with E-state index < -0.39 is 17.7 Å². The Labute approximate surface area is 235 Å². The molecule has 0 radical (unpaired) electrons. The summed E-state index contributed by atoms with van der Waals surface area (Å²) in [6.07, 6.45) is 0. The molecule has 0 saturated carbocycles. The second kappa shape index (κ2) is 9.08. The fourth-order valence-electron chi connectivity index (χ4n) is 6.64. The Balaban J connectivity index is 1.35. The summed E-state index contributed by atoms with van der Waals surface area (Å²) in [5, 5.41) is 3.44. The van der Waals surface area contributed by atoms with Crippen molar-refractivity contribution >= 4 is 40.9 Å². The van der Waals surface area contributed by atoms with E-state index in [0.717, 1.165) is 32.8 Å². The Hall–Kier alpha value is -3.93. The van der Waals surface area contributed by atoms with Gasteiger partial charge in [0.1, 0.15) is 0 Å². The van der Waals surface area contributed by atoms with Gasteiger partial charge in [-0.25, -0.2) is 5.01 Å². The molecule has 5 nitrogen and oxygen atoms in total. The van der Waals surface area contributed by atoms with Crippen molar-refractivity contribution in [1.29, 1.82) is 0 Å². The van der Waals surface area contributed by atoms with Gasteiger partial charge in [-0.15, -0.1) is 0 Å². The van der Waals surface area contributed by atoms with E-state index in [4.69, 9.17) is 23.2 Å². The SMILES string of the molecule is O=C(c1ccc(Cl)cc1)N(Cc1ccc(Cl)cc1)N1C(=O)[C@@H]2C3c4ccccc4C(c4ccccc43)[C@@H]2C1=O. The molecule has 4 aromatic carbocycles. The third-order valence-electron chi connectivity index (χ3n) is 8.24. The standard InChI is InChI=1S/C32H22Cl2N2O3/c33-20-13-9-18(10-14-20)17-35(30(37)19-11-15-21(34)16-12-19)36-31(38)28-26-22-5-1-2-6-23(22)27(29(28)32(36)39)25-8-4-3-7-24(25)26/h1-16,26-29H,17H2/t26?,27?,28-,29+. The van der Waals surface area contributed by atoms with Gasteiger partial charge in [-0.05, 0) is 64.2 Å². The first kappa shape index (κ1) is 24.1. The van der Waals surface area contributed by atoms with Crippen LogP contribution < -0.4 is 0 Å². The lowest BCUT2D eigenvalue weighted by Gasteiger charge is -2.45. The van der Waals surface area contributed by atoms with Crippen LogP contribution in [0.1, 0.15) is 50.0 Å². The molecule has 1 heterocycles. The quantitative estimate of drug-likeness (QED) is 0.273. The molecule has 1 aliphatic heterocycles. The van der Waals surface area contributed by atoms with Crippen molar-refractivity contribution in [3.8, 4) is 0 Å². The van der Waals surface area contributed by atoms with Crippen molar-refractivity contribution < 1.29 is 14.4 Å². The van der Waals surface area contributed by atoms with Crippen LogP contribution in [0.4, 0.5) is 0 Å². The molecular weight excluding hydrogens is 531 g/mol. The topological polar surface area (TPSA) is 57.7 Å². The number of amides is 3. The normalized spacial score (nSPS) is 22.4. The minimum atomic E-state index is -0.585. The van der Waals surface area contributed by atoms with E-state index in [0.29, 0.717) is 15.6 Å². The van der Waals surface area contributed by atoms with Crippen molar-refractivity contribution in [3.05, 3.63) is 140 Å². The van der Waals surface area contributed by atoms with E-state index in [-0.39, 0.29) is 30.2 Å². The van der Waals surface area contributed by atoms with Crippen LogP contribution >= 0.6 is 23.2 Å². The van der Waals surface area contributed by atoms with Crippen molar-refractivity contribution in [2.75, 3.05) is 0 Å². The van der Waals surface area contributed by atoms with Crippen molar-refractivity contribution in [2.24, 2.45) is 11.8 Å². The molecule has 2 bridgehead atoms. The van der Waals surface area contributed by atoms with Gasteiger partial charge in [0.2, 0.25) is 0 Å². The summed E-state index contributed by atoms with van der Waals surface area (Å²) in [5.41, 5.74) is 5.40. The predicted molar refractivity (Wildman–Crippen MR) is 148 cm³/mol. The Morgan fingerprint density at radius 1 is 0.641 bits per heavy atom. The van der Waals surface area contributed by atoms with Crippen molar-refractivity contribution in [1.82, 2.24) is 10.0 Å². The lowest BCUT2D eigenvalue weighted by molar-refractivity contribution is -0.155. The fourth-order valence-corrected chi connectivity index (χ4v) is 6.89. The van der Waals surface area contributed by atoms with Crippen LogP contribution in [-0.4, -0.2) is 27.7 Å². The van der Waals surface area contributed by atoms with E-state index in [1.165, 1.54) is 5.01 Å². The lowest BCUT2D eigenvalue weighted by atomic mass is 9.55. The third-order valence-corrected chi connectivity index (χ3v) is 8.74. The molecule has 3 amide bonds. The number of carbonyl (C=O) groups excluding carboxylic acids is 3. The molecule has 1 fully saturated rings. The Bertz CT molecular complexity index is 1540. The first-order valence-corrected chi connectivity index (χ1v) is 13.6. The first-order chi connectivity index (χ1) is 18.9. The molecule has 7 heteroatoms. The summed E-state index contributed by atoms with van der Waals surface area (Å²) < 4.78 is 0. The molecule has 4 aliphatic rings. The number of nitrogens with zero attached hydrogens (tertiary/aromatic N) is 2. The van der Waals surface area contributed by atoms with Crippen LogP contribution in [0.25, 0.3) is 0 Å². The van der Waals surface area contributed by atoms with Crippen LogP contribution in [0.3, 0.4) is 0 Å². The third kappa shape index (κ3) is 3.64. The molecule has 0 aromatic heterocycles. The Kier molecular flexibility index (Phi) is 5.62. The summed E-state index contributed by atoms with van der Waals surface area (Å²) >= 11 is 12.2. The minimum absolute atomic E-state index is 0.0325. The number of hydrogen-bond donors (Lipinski definition) is 0.